The van der Waals surface area contributed by atoms with Crippen molar-refractivity contribution >= 4 is 21.8 Å². The van der Waals surface area contributed by atoms with Crippen LogP contribution in [0.5, 0.6) is 5.75 Å². The van der Waals surface area contributed by atoms with Gasteiger partial charge in [-0.1, -0.05) is 12.5 Å². The number of H-pyrrole nitrogens is 1. The van der Waals surface area contributed by atoms with E-state index < -0.39 is 5.82 Å². The number of hydrogen-bond acceptors (Lipinski definition) is 3. The Morgan fingerprint density at radius 2 is 2.22 bits per heavy atom. The Kier molecular flexibility index (Phi) is 4.66. The summed E-state index contributed by atoms with van der Waals surface area (Å²) in [7, 11) is 0. The molecule has 1 aromatic heterocycles. The predicted octanol–water partition coefficient (Wildman–Crippen LogP) is 3.46. The summed E-state index contributed by atoms with van der Waals surface area (Å²) in [5.74, 6) is -0.379. The average molecular weight is 382 g/mol. The molecule has 0 bridgehead atoms. The second-order valence-corrected chi connectivity index (χ2v) is 6.68. The fourth-order valence-corrected chi connectivity index (χ4v) is 2.97. The highest BCUT2D eigenvalue weighted by molar-refractivity contribution is 9.10. The number of carbonyl (C=O) groups excluding carboxylic acids is 1. The summed E-state index contributed by atoms with van der Waals surface area (Å²) in [5.41, 5.74) is 0.754. The zero-order chi connectivity index (χ0) is 16.4. The number of aromatic hydroxyl groups is 1. The van der Waals surface area contributed by atoms with Crippen LogP contribution in [0, 0.1) is 11.7 Å². The van der Waals surface area contributed by atoms with Gasteiger partial charge in [-0.3, -0.25) is 9.89 Å². The van der Waals surface area contributed by atoms with Crippen LogP contribution < -0.4 is 0 Å². The van der Waals surface area contributed by atoms with Gasteiger partial charge < -0.3 is 10.0 Å². The molecule has 1 aliphatic carbocycles. The molecule has 7 heteroatoms. The number of amides is 1. The van der Waals surface area contributed by atoms with E-state index in [4.69, 9.17) is 0 Å². The topological polar surface area (TPSA) is 69.2 Å². The van der Waals surface area contributed by atoms with Gasteiger partial charge in [-0.15, -0.1) is 0 Å². The second kappa shape index (κ2) is 6.70. The van der Waals surface area contributed by atoms with Gasteiger partial charge in [0.05, 0.1) is 0 Å². The number of phenols is 1. The zero-order valence-corrected chi connectivity index (χ0v) is 14.0. The number of benzene rings is 1. The third-order valence-electron chi connectivity index (χ3n) is 4.17. The van der Waals surface area contributed by atoms with Gasteiger partial charge in [0.1, 0.15) is 21.9 Å². The summed E-state index contributed by atoms with van der Waals surface area (Å²) >= 11 is 3.21. The van der Waals surface area contributed by atoms with Crippen molar-refractivity contribution in [3.63, 3.8) is 0 Å². The zero-order valence-electron chi connectivity index (χ0n) is 12.4. The third kappa shape index (κ3) is 3.72. The van der Waals surface area contributed by atoms with E-state index in [-0.39, 0.29) is 18.2 Å². The molecule has 2 N–H and O–H groups in total. The largest absolute Gasteiger partial charge is 0.508 e. The molecule has 1 aliphatic rings. The van der Waals surface area contributed by atoms with Gasteiger partial charge in [0.2, 0.25) is 0 Å². The van der Waals surface area contributed by atoms with Crippen LogP contribution in [0.4, 0.5) is 4.39 Å². The lowest BCUT2D eigenvalue weighted by molar-refractivity contribution is 0.0671. The van der Waals surface area contributed by atoms with E-state index in [1.54, 1.807) is 11.0 Å². The number of rotatable bonds is 5. The molecule has 0 saturated heterocycles. The Bertz CT molecular complexity index is 715. The minimum Gasteiger partial charge on any atom is -0.508 e. The Morgan fingerprint density at radius 1 is 1.43 bits per heavy atom. The molecule has 0 unspecified atom stereocenters. The monoisotopic (exact) mass is 381 g/mol. The van der Waals surface area contributed by atoms with Gasteiger partial charge >= 0.3 is 0 Å². The molecule has 3 rings (SSSR count). The van der Waals surface area contributed by atoms with Crippen LogP contribution in [0.2, 0.25) is 0 Å². The van der Waals surface area contributed by atoms with E-state index in [9.17, 15) is 14.3 Å². The van der Waals surface area contributed by atoms with E-state index in [1.165, 1.54) is 18.6 Å². The van der Waals surface area contributed by atoms with Gasteiger partial charge in [0.25, 0.3) is 5.91 Å². The first kappa shape index (κ1) is 16.0. The highest BCUT2D eigenvalue weighted by Crippen LogP contribution is 2.28. The molecule has 0 aliphatic heterocycles. The fraction of sp³-hybridized carbons (Fsp3) is 0.375. The lowest BCUT2D eigenvalue weighted by Gasteiger charge is -2.32. The van der Waals surface area contributed by atoms with Crippen molar-refractivity contribution in [3.05, 3.63) is 45.9 Å². The summed E-state index contributed by atoms with van der Waals surface area (Å²) < 4.78 is 14.5. The summed E-state index contributed by atoms with van der Waals surface area (Å²) in [4.78, 5) is 14.3. The van der Waals surface area contributed by atoms with Crippen molar-refractivity contribution in [3.8, 4) is 5.75 Å². The summed E-state index contributed by atoms with van der Waals surface area (Å²) in [6, 6.07) is 5.61. The Morgan fingerprint density at radius 3 is 2.78 bits per heavy atom. The van der Waals surface area contributed by atoms with Crippen LogP contribution in [-0.2, 0) is 6.54 Å². The maximum Gasteiger partial charge on any atom is 0.272 e. The van der Waals surface area contributed by atoms with Crippen LogP contribution in [0.25, 0.3) is 0 Å². The number of halogens is 2. The van der Waals surface area contributed by atoms with Crippen LogP contribution >= 0.6 is 15.9 Å². The van der Waals surface area contributed by atoms with Gasteiger partial charge in [0.15, 0.2) is 0 Å². The number of hydrogen-bond donors (Lipinski definition) is 2. The lowest BCUT2D eigenvalue weighted by Crippen LogP contribution is -2.37. The maximum absolute atomic E-state index is 14.0. The molecular weight excluding hydrogens is 365 g/mol. The first-order valence-corrected chi connectivity index (χ1v) is 8.30. The molecule has 5 nitrogen and oxygen atoms in total. The molecule has 1 amide bonds. The highest BCUT2D eigenvalue weighted by Gasteiger charge is 2.26. The smallest absolute Gasteiger partial charge is 0.272 e. The van der Waals surface area contributed by atoms with Crippen LogP contribution in [-0.4, -0.2) is 32.7 Å². The Hall–Kier alpha value is -1.89. The van der Waals surface area contributed by atoms with Crippen molar-refractivity contribution < 1.29 is 14.3 Å². The molecule has 0 spiro atoms. The van der Waals surface area contributed by atoms with Crippen LogP contribution in [0.3, 0.4) is 0 Å². The molecule has 0 radical (unpaired) electrons. The number of aromatic amines is 1. The first-order chi connectivity index (χ1) is 11.0. The van der Waals surface area contributed by atoms with Gasteiger partial charge in [0, 0.05) is 30.8 Å². The van der Waals surface area contributed by atoms with Crippen LogP contribution in [0.1, 0.15) is 35.3 Å². The molecule has 1 saturated carbocycles. The highest BCUT2D eigenvalue weighted by atomic mass is 79.9. The molecule has 2 aromatic rings. The summed E-state index contributed by atoms with van der Waals surface area (Å²) in [6.45, 7) is 0.758. The number of aromatic nitrogens is 2. The van der Waals surface area contributed by atoms with Crippen LogP contribution in [0.15, 0.2) is 28.9 Å². The van der Waals surface area contributed by atoms with E-state index >= 15 is 0 Å². The number of nitrogens with one attached hydrogen (secondary N) is 1. The van der Waals surface area contributed by atoms with E-state index in [0.717, 1.165) is 18.9 Å². The number of phenolic OH excluding ortho intramolecular Hbond substituents is 1. The van der Waals surface area contributed by atoms with Crippen molar-refractivity contribution in [1.29, 1.82) is 0 Å². The standard InChI is InChI=1S/C16H17BrFN3O2/c17-15-7-14(19-20-15)16(23)21(8-10-2-1-3-10)9-11-4-5-12(22)6-13(11)18/h4-7,10,22H,1-3,8-9H2,(H,19,20). The molecule has 122 valence electrons. The van der Waals surface area contributed by atoms with Gasteiger partial charge in [-0.2, -0.15) is 5.10 Å². The molecule has 1 fully saturated rings. The summed E-state index contributed by atoms with van der Waals surface area (Å²) in [5, 5.41) is 15.9. The van der Waals surface area contributed by atoms with Crippen molar-refractivity contribution in [2.45, 2.75) is 25.8 Å². The molecule has 23 heavy (non-hydrogen) atoms. The predicted molar refractivity (Wildman–Crippen MR) is 86.4 cm³/mol. The minimum atomic E-state index is -0.512. The SMILES string of the molecule is O=C(c1cc(Br)n[nH]1)N(Cc1ccc(O)cc1F)CC1CCC1. The average Bonchev–Trinajstić information content (AvgIpc) is 2.89. The summed E-state index contributed by atoms with van der Waals surface area (Å²) in [6.07, 6.45) is 3.36. The molecule has 1 aromatic carbocycles. The van der Waals surface area contributed by atoms with Crippen molar-refractivity contribution in [2.24, 2.45) is 5.92 Å². The molecular formula is C16H17BrFN3O2. The van der Waals surface area contributed by atoms with Crippen molar-refractivity contribution in [2.75, 3.05) is 6.54 Å². The second-order valence-electron chi connectivity index (χ2n) is 5.86. The maximum atomic E-state index is 14.0. The molecule has 0 atom stereocenters. The third-order valence-corrected chi connectivity index (χ3v) is 4.57. The lowest BCUT2D eigenvalue weighted by atomic mass is 9.85. The molecule has 1 heterocycles. The Balaban J connectivity index is 1.81. The van der Waals surface area contributed by atoms with Crippen molar-refractivity contribution in [1.82, 2.24) is 15.1 Å². The fourth-order valence-electron chi connectivity index (χ4n) is 2.65. The normalized spacial score (nSPS) is 14.5. The quantitative estimate of drug-likeness (QED) is 0.832. The first-order valence-electron chi connectivity index (χ1n) is 7.50. The van der Waals surface area contributed by atoms with E-state index in [2.05, 4.69) is 26.1 Å². The Labute approximate surface area is 141 Å². The number of nitrogens with zero attached hydrogens (tertiary/aromatic N) is 2. The number of carbonyl (C=O) groups is 1. The van der Waals surface area contributed by atoms with Gasteiger partial charge in [-0.25, -0.2) is 4.39 Å². The minimum absolute atomic E-state index is 0.124. The van der Waals surface area contributed by atoms with E-state index in [1.807, 2.05) is 0 Å². The van der Waals surface area contributed by atoms with Gasteiger partial charge in [-0.05, 0) is 40.8 Å². The van der Waals surface area contributed by atoms with E-state index in [0.29, 0.717) is 28.3 Å².